The molecule has 2 aromatic heterocycles. The van der Waals surface area contributed by atoms with E-state index in [1.807, 2.05) is 0 Å². The molecule has 14 heteroatoms. The second-order valence-electron chi connectivity index (χ2n) is 7.02. The number of primary amides is 1. The Morgan fingerprint density at radius 3 is 2.44 bits per heavy atom. The Balaban J connectivity index is 2.16. The van der Waals surface area contributed by atoms with E-state index in [0.717, 1.165) is 12.4 Å². The van der Waals surface area contributed by atoms with Gasteiger partial charge in [0.05, 0.1) is 35.8 Å². The summed E-state index contributed by atoms with van der Waals surface area (Å²) in [4.78, 5) is 19.3. The van der Waals surface area contributed by atoms with E-state index in [4.69, 9.17) is 10.5 Å². The highest BCUT2D eigenvalue weighted by atomic mass is 32.1. The van der Waals surface area contributed by atoms with Crippen molar-refractivity contribution in [2.24, 2.45) is 5.73 Å². The Labute approximate surface area is 181 Å². The fourth-order valence-electron chi connectivity index (χ4n) is 3.47. The van der Waals surface area contributed by atoms with Gasteiger partial charge in [-0.05, 0) is 12.5 Å². The molecule has 0 saturated carbocycles. The summed E-state index contributed by atoms with van der Waals surface area (Å²) in [5.41, 5.74) is 3.36. The van der Waals surface area contributed by atoms with Crippen LogP contribution in [0.3, 0.4) is 0 Å². The van der Waals surface area contributed by atoms with E-state index in [1.165, 1.54) is 6.92 Å². The maximum atomic E-state index is 13.9. The van der Waals surface area contributed by atoms with Crippen molar-refractivity contribution < 1.29 is 41.0 Å². The zero-order chi connectivity index (χ0) is 23.8. The molecule has 1 fully saturated rings. The van der Waals surface area contributed by atoms with Gasteiger partial charge in [-0.15, -0.1) is 11.3 Å². The van der Waals surface area contributed by atoms with Crippen molar-refractivity contribution in [1.82, 2.24) is 9.97 Å². The van der Waals surface area contributed by atoms with Crippen molar-refractivity contribution >= 4 is 23.1 Å². The van der Waals surface area contributed by atoms with Gasteiger partial charge in [-0.2, -0.15) is 26.3 Å². The molecule has 0 spiro atoms. The number of nitrogens with zero attached hydrogens (tertiary/aromatic N) is 3. The summed E-state index contributed by atoms with van der Waals surface area (Å²) in [6.07, 6.45) is -9.82. The lowest BCUT2D eigenvalue weighted by atomic mass is 10.0. The Morgan fingerprint density at radius 1 is 1.28 bits per heavy atom. The van der Waals surface area contributed by atoms with E-state index in [0.29, 0.717) is 22.3 Å². The third kappa shape index (κ3) is 4.81. The molecular weight excluding hydrogens is 466 g/mol. The first-order valence-corrected chi connectivity index (χ1v) is 10.1. The molecule has 0 bridgehead atoms. The lowest BCUT2D eigenvalue weighted by Gasteiger charge is -2.38. The predicted octanol–water partition coefficient (Wildman–Crippen LogP) is 3.23. The molecular formula is C18H18F6N4O3S. The van der Waals surface area contributed by atoms with Crippen molar-refractivity contribution in [2.75, 3.05) is 18.1 Å². The molecule has 3 atom stereocenters. The van der Waals surface area contributed by atoms with Crippen molar-refractivity contribution in [1.29, 1.82) is 0 Å². The highest BCUT2D eigenvalue weighted by Crippen LogP contribution is 2.42. The van der Waals surface area contributed by atoms with E-state index in [9.17, 15) is 36.2 Å². The highest BCUT2D eigenvalue weighted by molar-refractivity contribution is 7.17. The van der Waals surface area contributed by atoms with Crippen LogP contribution >= 0.6 is 11.3 Å². The average molecular weight is 484 g/mol. The molecule has 0 aromatic carbocycles. The zero-order valence-electron chi connectivity index (χ0n) is 16.4. The molecule has 3 heterocycles. The number of aliphatic hydroxyl groups is 1. The third-order valence-corrected chi connectivity index (χ3v) is 5.97. The lowest BCUT2D eigenvalue weighted by Crippen LogP contribution is -2.55. The maximum absolute atomic E-state index is 13.9. The van der Waals surface area contributed by atoms with Crippen molar-refractivity contribution in [3.63, 3.8) is 0 Å². The van der Waals surface area contributed by atoms with Gasteiger partial charge in [0.2, 0.25) is 0 Å². The molecule has 176 valence electrons. The fourth-order valence-corrected chi connectivity index (χ4v) is 4.27. The number of hydrogen-bond donors (Lipinski definition) is 2. The Bertz CT molecular complexity index is 980. The van der Waals surface area contributed by atoms with E-state index in [2.05, 4.69) is 9.97 Å². The molecule has 2 aromatic rings. The SMILES string of the molecule is CC[C@H](N(c1cc(C(F)(F)F)c(-c2cnc(C(N)=O)s2)cn1)[C@@H]1COC[C@H]1O)C(F)(F)F. The topological polar surface area (TPSA) is 102 Å². The molecule has 32 heavy (non-hydrogen) atoms. The summed E-state index contributed by atoms with van der Waals surface area (Å²) in [5.74, 6) is -1.55. The van der Waals surface area contributed by atoms with Gasteiger partial charge in [-0.25, -0.2) is 9.97 Å². The van der Waals surface area contributed by atoms with Crippen LogP contribution in [0.5, 0.6) is 0 Å². The zero-order valence-corrected chi connectivity index (χ0v) is 17.3. The Morgan fingerprint density at radius 2 is 1.97 bits per heavy atom. The van der Waals surface area contributed by atoms with Gasteiger partial charge in [0, 0.05) is 18.0 Å². The van der Waals surface area contributed by atoms with Gasteiger partial charge in [-0.3, -0.25) is 4.79 Å². The number of alkyl halides is 6. The number of carbonyl (C=O) groups excluding carboxylic acids is 1. The number of ether oxygens (including phenoxy) is 1. The normalized spacial score (nSPS) is 20.4. The van der Waals surface area contributed by atoms with Crippen LogP contribution in [0, 0.1) is 0 Å². The van der Waals surface area contributed by atoms with Crippen LogP contribution in [0.4, 0.5) is 32.2 Å². The largest absolute Gasteiger partial charge is 0.417 e. The van der Waals surface area contributed by atoms with Gasteiger partial charge in [0.25, 0.3) is 5.91 Å². The number of amides is 1. The van der Waals surface area contributed by atoms with Crippen LogP contribution in [0.15, 0.2) is 18.5 Å². The summed E-state index contributed by atoms with van der Waals surface area (Å²) in [7, 11) is 0. The van der Waals surface area contributed by atoms with Crippen molar-refractivity contribution in [3.05, 3.63) is 29.0 Å². The fraction of sp³-hybridized carbons (Fsp3) is 0.500. The lowest BCUT2D eigenvalue weighted by molar-refractivity contribution is -0.151. The Kier molecular flexibility index (Phi) is 6.67. The predicted molar refractivity (Wildman–Crippen MR) is 102 cm³/mol. The smallest absolute Gasteiger partial charge is 0.388 e. The number of aliphatic hydroxyl groups excluding tert-OH is 1. The van der Waals surface area contributed by atoms with E-state index in [-0.39, 0.29) is 23.1 Å². The van der Waals surface area contributed by atoms with E-state index < -0.39 is 59.8 Å². The first kappa shape index (κ1) is 24.2. The number of thiazole rings is 1. The number of halogens is 6. The summed E-state index contributed by atoms with van der Waals surface area (Å²) in [5, 5.41) is 9.88. The molecule has 0 unspecified atom stereocenters. The van der Waals surface area contributed by atoms with Crippen LogP contribution in [0.2, 0.25) is 0 Å². The molecule has 3 N–H and O–H groups in total. The van der Waals surface area contributed by atoms with Gasteiger partial charge >= 0.3 is 12.4 Å². The average Bonchev–Trinajstić information content (AvgIpc) is 3.33. The third-order valence-electron chi connectivity index (χ3n) is 4.92. The Hall–Kier alpha value is -2.45. The number of rotatable bonds is 6. The van der Waals surface area contributed by atoms with Crippen LogP contribution < -0.4 is 10.6 Å². The number of anilines is 1. The highest BCUT2D eigenvalue weighted by Gasteiger charge is 2.48. The second-order valence-corrected chi connectivity index (χ2v) is 8.06. The second kappa shape index (κ2) is 8.83. The molecule has 1 aliphatic rings. The van der Waals surface area contributed by atoms with Crippen LogP contribution in [-0.4, -0.2) is 58.6 Å². The van der Waals surface area contributed by atoms with Crippen LogP contribution in [-0.2, 0) is 10.9 Å². The molecule has 1 aliphatic heterocycles. The quantitative estimate of drug-likeness (QED) is 0.611. The minimum Gasteiger partial charge on any atom is -0.388 e. The number of carbonyl (C=O) groups is 1. The molecule has 1 saturated heterocycles. The van der Waals surface area contributed by atoms with Gasteiger partial charge in [0.15, 0.2) is 5.01 Å². The molecule has 3 rings (SSSR count). The van der Waals surface area contributed by atoms with Gasteiger partial charge in [-0.1, -0.05) is 6.92 Å². The van der Waals surface area contributed by atoms with E-state index in [1.54, 1.807) is 0 Å². The maximum Gasteiger partial charge on any atom is 0.417 e. The number of pyridine rings is 1. The first-order chi connectivity index (χ1) is 14.8. The number of hydrogen-bond acceptors (Lipinski definition) is 7. The minimum atomic E-state index is -4.96. The summed E-state index contributed by atoms with van der Waals surface area (Å²) in [6.45, 7) is 0.667. The molecule has 0 aliphatic carbocycles. The summed E-state index contributed by atoms with van der Waals surface area (Å²) in [6, 6.07) is -2.95. The molecule has 7 nitrogen and oxygen atoms in total. The van der Waals surface area contributed by atoms with Crippen molar-refractivity contribution in [2.45, 2.75) is 43.9 Å². The molecule has 0 radical (unpaired) electrons. The van der Waals surface area contributed by atoms with E-state index >= 15 is 0 Å². The standard InChI is InChI=1S/C18H18F6N4O3S/c1-2-13(18(22,23)24)28(10-6-31-7-11(10)29)14-3-9(17(19,20)21)8(4-26-14)12-5-27-16(32-12)15(25)30/h3-5,10-11,13,29H,2,6-7H2,1H3,(H2,25,30)/t10-,11-,13+/m1/s1. The minimum absolute atomic E-state index is 0.0798. The number of aromatic nitrogens is 2. The number of nitrogens with two attached hydrogens (primary N) is 1. The van der Waals surface area contributed by atoms with Gasteiger partial charge in [0.1, 0.15) is 11.9 Å². The van der Waals surface area contributed by atoms with Crippen molar-refractivity contribution in [3.8, 4) is 10.4 Å². The van der Waals surface area contributed by atoms with Crippen LogP contribution in [0.25, 0.3) is 10.4 Å². The molecule has 1 amide bonds. The monoisotopic (exact) mass is 484 g/mol. The first-order valence-electron chi connectivity index (χ1n) is 9.28. The van der Waals surface area contributed by atoms with Gasteiger partial charge < -0.3 is 20.5 Å². The summed E-state index contributed by atoms with van der Waals surface area (Å²) >= 11 is 0.600. The van der Waals surface area contributed by atoms with Crippen LogP contribution in [0.1, 0.15) is 28.7 Å². The summed E-state index contributed by atoms with van der Waals surface area (Å²) < 4.78 is 87.8.